The van der Waals surface area contributed by atoms with E-state index in [2.05, 4.69) is 4.99 Å². The van der Waals surface area contributed by atoms with Crippen LogP contribution in [0.5, 0.6) is 5.75 Å². The monoisotopic (exact) mass is 498 g/mol. The minimum Gasteiger partial charge on any atom is -0.493 e. The topological polar surface area (TPSA) is 69.9 Å². The molecule has 5 rings (SSSR count). The number of benzene rings is 3. The largest absolute Gasteiger partial charge is 0.493 e. The van der Waals surface area contributed by atoms with E-state index in [9.17, 15) is 9.59 Å². The molecule has 1 atom stereocenters. The Morgan fingerprint density at radius 1 is 1.03 bits per heavy atom. The van der Waals surface area contributed by atoms with Crippen molar-refractivity contribution in [3.8, 4) is 5.75 Å². The molecule has 0 bridgehead atoms. The smallest absolute Gasteiger partial charge is 0.338 e. The Morgan fingerprint density at radius 2 is 1.78 bits per heavy atom. The van der Waals surface area contributed by atoms with E-state index in [1.807, 2.05) is 79.7 Å². The number of hydrogen-bond donors (Lipinski definition) is 0. The van der Waals surface area contributed by atoms with E-state index >= 15 is 0 Å². The number of rotatable bonds is 6. The fourth-order valence-corrected chi connectivity index (χ4v) is 5.64. The number of hydrogen-bond acceptors (Lipinski definition) is 6. The van der Waals surface area contributed by atoms with Gasteiger partial charge in [0, 0.05) is 5.56 Å². The lowest BCUT2D eigenvalue weighted by Gasteiger charge is -2.25. The van der Waals surface area contributed by atoms with Crippen molar-refractivity contribution in [3.63, 3.8) is 0 Å². The minimum absolute atomic E-state index is 0.211. The predicted octanol–water partition coefficient (Wildman–Crippen LogP) is 4.35. The van der Waals surface area contributed by atoms with Gasteiger partial charge in [-0.1, -0.05) is 72.0 Å². The molecule has 36 heavy (non-hydrogen) atoms. The van der Waals surface area contributed by atoms with Crippen LogP contribution in [0.3, 0.4) is 0 Å². The lowest BCUT2D eigenvalue weighted by molar-refractivity contribution is -0.139. The van der Waals surface area contributed by atoms with Crippen molar-refractivity contribution in [1.29, 1.82) is 0 Å². The third kappa shape index (κ3) is 4.16. The SMILES string of the molecule is CCOC(=O)C1=C(C)N=c2s/c(=C\c3ccccc3OCC)c(=O)n2[C@H]1c1cccc2ccccc12. The van der Waals surface area contributed by atoms with Crippen LogP contribution in [0.4, 0.5) is 0 Å². The van der Waals surface area contributed by atoms with Crippen molar-refractivity contribution in [1.82, 2.24) is 4.57 Å². The molecule has 2 heterocycles. The van der Waals surface area contributed by atoms with Gasteiger partial charge in [0.15, 0.2) is 4.80 Å². The number of esters is 1. The van der Waals surface area contributed by atoms with E-state index in [0.29, 0.717) is 33.0 Å². The van der Waals surface area contributed by atoms with E-state index in [1.54, 1.807) is 18.4 Å². The van der Waals surface area contributed by atoms with Crippen LogP contribution < -0.4 is 19.6 Å². The zero-order chi connectivity index (χ0) is 25.2. The van der Waals surface area contributed by atoms with E-state index in [4.69, 9.17) is 9.47 Å². The summed E-state index contributed by atoms with van der Waals surface area (Å²) >= 11 is 1.30. The van der Waals surface area contributed by atoms with Crippen molar-refractivity contribution in [2.24, 2.45) is 4.99 Å². The van der Waals surface area contributed by atoms with E-state index in [0.717, 1.165) is 21.9 Å². The van der Waals surface area contributed by atoms with Gasteiger partial charge in [0.1, 0.15) is 5.75 Å². The second kappa shape index (κ2) is 9.95. The summed E-state index contributed by atoms with van der Waals surface area (Å²) in [7, 11) is 0. The minimum atomic E-state index is -0.657. The van der Waals surface area contributed by atoms with Gasteiger partial charge in [-0.3, -0.25) is 9.36 Å². The molecule has 1 aliphatic heterocycles. The number of para-hydroxylation sites is 1. The fourth-order valence-electron chi connectivity index (χ4n) is 4.60. The first-order valence-corrected chi connectivity index (χ1v) is 12.7. The van der Waals surface area contributed by atoms with Gasteiger partial charge in [-0.15, -0.1) is 0 Å². The van der Waals surface area contributed by atoms with Gasteiger partial charge < -0.3 is 9.47 Å². The highest BCUT2D eigenvalue weighted by atomic mass is 32.1. The van der Waals surface area contributed by atoms with Crippen LogP contribution in [0.25, 0.3) is 16.8 Å². The first-order valence-electron chi connectivity index (χ1n) is 11.9. The average molecular weight is 499 g/mol. The Balaban J connectivity index is 1.79. The number of aromatic nitrogens is 1. The third-order valence-corrected chi connectivity index (χ3v) is 7.12. The van der Waals surface area contributed by atoms with Crippen molar-refractivity contribution in [2.45, 2.75) is 26.8 Å². The maximum absolute atomic E-state index is 13.9. The molecule has 4 aromatic rings. The summed E-state index contributed by atoms with van der Waals surface area (Å²) < 4.78 is 13.3. The standard InChI is InChI=1S/C29H26N2O4S/c1-4-34-23-16-9-7-12-20(23)17-24-27(32)31-26(22-15-10-13-19-11-6-8-14-21(19)22)25(28(33)35-5-2)18(3)30-29(31)36-24/h6-17,26H,4-5H2,1-3H3/b24-17-/t26-/m0/s1. The maximum Gasteiger partial charge on any atom is 0.338 e. The molecule has 0 fully saturated rings. The van der Waals surface area contributed by atoms with Gasteiger partial charge in [-0.05, 0) is 49.2 Å². The molecule has 0 unspecified atom stereocenters. The molecule has 0 radical (unpaired) electrons. The third-order valence-electron chi connectivity index (χ3n) is 6.14. The van der Waals surface area contributed by atoms with Crippen LogP contribution in [0.2, 0.25) is 0 Å². The Kier molecular flexibility index (Phi) is 6.57. The molecule has 0 saturated carbocycles. The van der Waals surface area contributed by atoms with Crippen molar-refractivity contribution in [3.05, 3.63) is 109 Å². The van der Waals surface area contributed by atoms with Gasteiger partial charge in [0.05, 0.1) is 35.1 Å². The molecule has 182 valence electrons. The molecule has 0 saturated heterocycles. The number of thiazole rings is 1. The zero-order valence-corrected chi connectivity index (χ0v) is 21.2. The maximum atomic E-state index is 13.9. The first-order chi connectivity index (χ1) is 17.5. The van der Waals surface area contributed by atoms with Crippen LogP contribution in [-0.2, 0) is 9.53 Å². The molecular formula is C29H26N2O4S. The number of ether oxygens (including phenoxy) is 2. The quantitative estimate of drug-likeness (QED) is 0.371. The molecule has 6 nitrogen and oxygen atoms in total. The molecule has 3 aromatic carbocycles. The highest BCUT2D eigenvalue weighted by molar-refractivity contribution is 7.07. The van der Waals surface area contributed by atoms with Gasteiger partial charge >= 0.3 is 5.97 Å². The summed E-state index contributed by atoms with van der Waals surface area (Å²) in [5.41, 5.74) is 2.38. The summed E-state index contributed by atoms with van der Waals surface area (Å²) in [4.78, 5) is 32.3. The van der Waals surface area contributed by atoms with Crippen LogP contribution in [-0.4, -0.2) is 23.8 Å². The molecule has 1 aromatic heterocycles. The second-order valence-electron chi connectivity index (χ2n) is 8.34. The van der Waals surface area contributed by atoms with Gasteiger partial charge in [0.2, 0.25) is 0 Å². The number of carbonyl (C=O) groups excluding carboxylic acids is 1. The van der Waals surface area contributed by atoms with Crippen LogP contribution in [0.15, 0.2) is 87.8 Å². The second-order valence-corrected chi connectivity index (χ2v) is 9.35. The molecule has 0 aliphatic carbocycles. The summed E-state index contributed by atoms with van der Waals surface area (Å²) in [5.74, 6) is 0.243. The van der Waals surface area contributed by atoms with Gasteiger partial charge in [0.25, 0.3) is 5.56 Å². The summed E-state index contributed by atoms with van der Waals surface area (Å²) in [6, 6.07) is 20.9. The highest BCUT2D eigenvalue weighted by Crippen LogP contribution is 2.34. The number of fused-ring (bicyclic) bond motifs is 2. The van der Waals surface area contributed by atoms with E-state index in [1.165, 1.54) is 11.3 Å². The molecule has 0 amide bonds. The van der Waals surface area contributed by atoms with Crippen molar-refractivity contribution >= 4 is 34.2 Å². The Morgan fingerprint density at radius 3 is 2.58 bits per heavy atom. The summed E-state index contributed by atoms with van der Waals surface area (Å²) in [5, 5.41) is 2.00. The van der Waals surface area contributed by atoms with E-state index in [-0.39, 0.29) is 12.2 Å². The first kappa shape index (κ1) is 23.8. The highest BCUT2D eigenvalue weighted by Gasteiger charge is 2.34. The lowest BCUT2D eigenvalue weighted by Crippen LogP contribution is -2.40. The number of nitrogens with zero attached hydrogens (tertiary/aromatic N) is 2. The molecular weight excluding hydrogens is 472 g/mol. The van der Waals surface area contributed by atoms with Crippen molar-refractivity contribution < 1.29 is 14.3 Å². The number of allylic oxidation sites excluding steroid dienone is 1. The average Bonchev–Trinajstić information content (AvgIpc) is 3.18. The van der Waals surface area contributed by atoms with E-state index < -0.39 is 12.0 Å². The Bertz CT molecular complexity index is 1670. The van der Waals surface area contributed by atoms with Gasteiger partial charge in [-0.25, -0.2) is 9.79 Å². The Hall–Kier alpha value is -3.97. The van der Waals surface area contributed by atoms with Crippen LogP contribution in [0, 0.1) is 0 Å². The lowest BCUT2D eigenvalue weighted by atomic mass is 9.91. The molecule has 0 spiro atoms. The number of carbonyl (C=O) groups is 1. The fraction of sp³-hybridized carbons (Fsp3) is 0.207. The Labute approximate surface area is 212 Å². The molecule has 0 N–H and O–H groups in total. The normalized spacial score (nSPS) is 15.5. The zero-order valence-electron chi connectivity index (χ0n) is 20.4. The predicted molar refractivity (Wildman–Crippen MR) is 142 cm³/mol. The van der Waals surface area contributed by atoms with Crippen molar-refractivity contribution in [2.75, 3.05) is 13.2 Å². The van der Waals surface area contributed by atoms with Gasteiger partial charge in [-0.2, -0.15) is 0 Å². The van der Waals surface area contributed by atoms with Crippen LogP contribution in [0.1, 0.15) is 37.9 Å². The molecule has 1 aliphatic rings. The van der Waals surface area contributed by atoms with Crippen LogP contribution >= 0.6 is 11.3 Å². The summed E-state index contributed by atoms with van der Waals surface area (Å²) in [6.45, 7) is 6.25. The summed E-state index contributed by atoms with van der Waals surface area (Å²) in [6.07, 6.45) is 1.83. The molecule has 7 heteroatoms.